The van der Waals surface area contributed by atoms with E-state index in [0.717, 1.165) is 22.7 Å². The molecule has 1 fully saturated rings. The number of hydrogen-bond donors (Lipinski definition) is 2. The third-order valence-electron chi connectivity index (χ3n) is 8.28. The molecule has 2 N–H and O–H groups in total. The number of carbonyl (C=O) groups excluding carboxylic acids is 2. The highest BCUT2D eigenvalue weighted by Crippen LogP contribution is 2.45. The number of nitrogens with zero attached hydrogens (tertiary/aromatic N) is 7. The molecule has 0 saturated carbocycles. The van der Waals surface area contributed by atoms with Gasteiger partial charge in [-0.2, -0.15) is 22.7 Å². The fraction of sp³-hybridized carbons (Fsp3) is 0.370. The molecule has 0 atom stereocenters. The largest absolute Gasteiger partial charge is 0.504 e. The molecule has 44 heavy (non-hydrogen) atoms. The van der Waals surface area contributed by atoms with E-state index >= 15 is 0 Å². The zero-order valence-electron chi connectivity index (χ0n) is 23.0. The van der Waals surface area contributed by atoms with Crippen LogP contribution in [0.3, 0.4) is 0 Å². The van der Waals surface area contributed by atoms with Gasteiger partial charge in [-0.15, -0.1) is 5.10 Å². The van der Waals surface area contributed by atoms with E-state index in [0.29, 0.717) is 50.0 Å². The Kier molecular flexibility index (Phi) is 7.39. The molecule has 1 saturated heterocycles. The predicted molar refractivity (Wildman–Crippen MR) is 154 cm³/mol. The van der Waals surface area contributed by atoms with Crippen LogP contribution in [0.1, 0.15) is 52.3 Å². The van der Waals surface area contributed by atoms with Gasteiger partial charge >= 0.3 is 6.18 Å². The molecule has 0 radical (unpaired) electrons. The third-order valence-corrected chi connectivity index (χ3v) is 8.93. The first-order valence-electron chi connectivity index (χ1n) is 13.4. The van der Waals surface area contributed by atoms with E-state index in [1.54, 1.807) is 16.4 Å². The summed E-state index contributed by atoms with van der Waals surface area (Å²) < 4.78 is 42.0. The summed E-state index contributed by atoms with van der Waals surface area (Å²) in [7, 11) is 0. The van der Waals surface area contributed by atoms with Crippen molar-refractivity contribution in [1.29, 1.82) is 0 Å². The quantitative estimate of drug-likeness (QED) is 0.327. The van der Waals surface area contributed by atoms with Gasteiger partial charge in [0.15, 0.2) is 11.4 Å². The minimum absolute atomic E-state index is 0.000508. The Hall–Kier alpha value is -4.05. The molecule has 1 spiro atoms. The molecular formula is C27H23BrClF3N8O4. The molecule has 2 aliphatic rings. The summed E-state index contributed by atoms with van der Waals surface area (Å²) in [5.74, 6) is -1.19. The molecule has 0 bridgehead atoms. The molecule has 230 valence electrons. The number of benzene rings is 1. The van der Waals surface area contributed by atoms with Crippen LogP contribution in [-0.2, 0) is 29.4 Å². The summed E-state index contributed by atoms with van der Waals surface area (Å²) in [6.07, 6.45) is -1.46. The Morgan fingerprint density at radius 3 is 2.59 bits per heavy atom. The Labute approximate surface area is 260 Å². The average molecular weight is 696 g/mol. The molecule has 1 aromatic carbocycles. The lowest BCUT2D eigenvalue weighted by Crippen LogP contribution is -2.46. The van der Waals surface area contributed by atoms with Gasteiger partial charge in [0.05, 0.1) is 22.0 Å². The maximum atomic E-state index is 13.8. The van der Waals surface area contributed by atoms with Gasteiger partial charge in [0.1, 0.15) is 12.9 Å². The number of rotatable bonds is 4. The number of likely N-dealkylation sites (tertiary alicyclic amines) is 1. The van der Waals surface area contributed by atoms with Crippen molar-refractivity contribution < 1.29 is 27.9 Å². The number of aromatic nitrogens is 6. The highest BCUT2D eigenvalue weighted by Gasteiger charge is 2.46. The highest BCUT2D eigenvalue weighted by molar-refractivity contribution is 9.10. The van der Waals surface area contributed by atoms with Crippen molar-refractivity contribution in [2.75, 3.05) is 18.4 Å². The van der Waals surface area contributed by atoms with Crippen molar-refractivity contribution in [2.45, 2.75) is 50.7 Å². The predicted octanol–water partition coefficient (Wildman–Crippen LogP) is 3.89. The molecule has 4 heterocycles. The molecule has 1 aliphatic carbocycles. The maximum Gasteiger partial charge on any atom is 0.416 e. The van der Waals surface area contributed by atoms with Crippen LogP contribution in [0.15, 0.2) is 34.1 Å². The summed E-state index contributed by atoms with van der Waals surface area (Å²) in [5.41, 5.74) is -0.651. The number of nitrogens with one attached hydrogen (secondary N) is 1. The van der Waals surface area contributed by atoms with Gasteiger partial charge in [-0.05, 0) is 66.7 Å². The number of halogens is 5. The fourth-order valence-corrected chi connectivity index (χ4v) is 6.60. The summed E-state index contributed by atoms with van der Waals surface area (Å²) in [4.78, 5) is 53.9. The molecule has 6 rings (SSSR count). The minimum atomic E-state index is -4.59. The zero-order chi connectivity index (χ0) is 31.6. The van der Waals surface area contributed by atoms with Crippen molar-refractivity contribution in [3.63, 3.8) is 0 Å². The van der Waals surface area contributed by atoms with E-state index in [4.69, 9.17) is 11.6 Å². The van der Waals surface area contributed by atoms with Gasteiger partial charge < -0.3 is 19.9 Å². The number of piperidine rings is 1. The van der Waals surface area contributed by atoms with Crippen LogP contribution in [0.4, 0.5) is 18.9 Å². The first-order chi connectivity index (χ1) is 20.8. The van der Waals surface area contributed by atoms with Crippen molar-refractivity contribution in [3.8, 4) is 5.75 Å². The average Bonchev–Trinajstić information content (AvgIpc) is 3.54. The standard InChI is InChI=1S/C27H23BrClF3N8O4/c1-13-21(42)20(34-12-33-13)23(44)38-8-6-26(7-9-38)5-4-17-19(26)22(43)40-25(36-24(28)37-40)39(17)11-18(41)35-16-3-2-14(10-15(16)29)27(30,31)32/h2-3,10,12,42H,4-9,11H2,1H3,(H,35,41). The summed E-state index contributed by atoms with van der Waals surface area (Å²) in [6, 6.07) is 2.63. The second-order valence-electron chi connectivity index (χ2n) is 10.8. The van der Waals surface area contributed by atoms with Gasteiger partial charge in [-0.25, -0.2) is 9.97 Å². The fourth-order valence-electron chi connectivity index (χ4n) is 6.05. The lowest BCUT2D eigenvalue weighted by Gasteiger charge is -2.39. The topological polar surface area (TPSA) is 148 Å². The lowest BCUT2D eigenvalue weighted by molar-refractivity contribution is -0.137. The number of carbonyl (C=O) groups is 2. The van der Waals surface area contributed by atoms with Crippen molar-refractivity contribution in [1.82, 2.24) is 34.0 Å². The first kappa shape index (κ1) is 30.0. The Bertz CT molecular complexity index is 1900. The Morgan fingerprint density at radius 1 is 1.18 bits per heavy atom. The monoisotopic (exact) mass is 694 g/mol. The number of alkyl halides is 3. The first-order valence-corrected chi connectivity index (χ1v) is 14.6. The van der Waals surface area contributed by atoms with Crippen LogP contribution in [0.5, 0.6) is 5.75 Å². The number of aryl methyl sites for hydroxylation is 1. The second-order valence-corrected chi connectivity index (χ2v) is 11.9. The van der Waals surface area contributed by atoms with E-state index in [9.17, 15) is 32.7 Å². The van der Waals surface area contributed by atoms with E-state index in [-0.39, 0.29) is 50.5 Å². The van der Waals surface area contributed by atoms with Crippen LogP contribution in [0.25, 0.3) is 5.78 Å². The van der Waals surface area contributed by atoms with Gasteiger partial charge in [-0.1, -0.05) is 11.6 Å². The van der Waals surface area contributed by atoms with E-state index in [2.05, 4.69) is 41.3 Å². The Morgan fingerprint density at radius 2 is 1.91 bits per heavy atom. The maximum absolute atomic E-state index is 13.8. The van der Waals surface area contributed by atoms with Gasteiger partial charge in [0, 0.05) is 29.8 Å². The Balaban J connectivity index is 1.29. The lowest BCUT2D eigenvalue weighted by atomic mass is 9.74. The van der Waals surface area contributed by atoms with Crippen molar-refractivity contribution in [2.24, 2.45) is 0 Å². The minimum Gasteiger partial charge on any atom is -0.504 e. The SMILES string of the molecule is Cc1ncnc(C(=O)N2CCC3(CCc4c3c(=O)n3nc(Br)nc3n4CC(=O)Nc3ccc(C(F)(F)F)cc3Cl)CC2)c1O. The smallest absolute Gasteiger partial charge is 0.416 e. The van der Waals surface area contributed by atoms with Crippen LogP contribution in [0, 0.1) is 6.92 Å². The summed E-state index contributed by atoms with van der Waals surface area (Å²) in [6.45, 7) is 1.85. The second kappa shape index (κ2) is 10.8. The normalized spacial score (nSPS) is 16.0. The van der Waals surface area contributed by atoms with E-state index < -0.39 is 29.0 Å². The summed E-state index contributed by atoms with van der Waals surface area (Å²) >= 11 is 9.24. The summed E-state index contributed by atoms with van der Waals surface area (Å²) in [5, 5.41) is 16.8. The van der Waals surface area contributed by atoms with Crippen LogP contribution in [-0.4, -0.2) is 64.0 Å². The van der Waals surface area contributed by atoms with Gasteiger partial charge in [0.25, 0.3) is 11.5 Å². The molecular weight excluding hydrogens is 673 g/mol. The molecule has 0 unspecified atom stereocenters. The van der Waals surface area contributed by atoms with Crippen LogP contribution in [0.2, 0.25) is 5.02 Å². The number of anilines is 1. The number of aromatic hydroxyl groups is 1. The number of hydrogen-bond acceptors (Lipinski definition) is 8. The van der Waals surface area contributed by atoms with E-state index in [1.807, 2.05) is 0 Å². The van der Waals surface area contributed by atoms with Gasteiger partial charge in [0.2, 0.25) is 16.4 Å². The molecule has 3 aromatic heterocycles. The zero-order valence-corrected chi connectivity index (χ0v) is 25.3. The van der Waals surface area contributed by atoms with E-state index in [1.165, 1.54) is 6.33 Å². The molecule has 17 heteroatoms. The van der Waals surface area contributed by atoms with Crippen molar-refractivity contribution in [3.05, 3.63) is 72.8 Å². The highest BCUT2D eigenvalue weighted by atomic mass is 79.9. The molecule has 2 amide bonds. The molecule has 12 nitrogen and oxygen atoms in total. The van der Waals surface area contributed by atoms with Crippen LogP contribution < -0.4 is 10.9 Å². The molecule has 1 aliphatic heterocycles. The van der Waals surface area contributed by atoms with Crippen molar-refractivity contribution >= 4 is 50.8 Å². The number of amides is 2. The number of fused-ring (bicyclic) bond motifs is 3. The van der Waals surface area contributed by atoms with Crippen LogP contribution >= 0.6 is 27.5 Å². The molecule has 4 aromatic rings. The van der Waals surface area contributed by atoms with Gasteiger partial charge in [-0.3, -0.25) is 14.4 Å². The third kappa shape index (κ3) is 5.08.